The second-order valence-corrected chi connectivity index (χ2v) is 8.52. The molecule has 2 rings (SSSR count). The van der Waals surface area contributed by atoms with Gasteiger partial charge >= 0.3 is 0 Å². The first kappa shape index (κ1) is 16.6. The van der Waals surface area contributed by atoms with Gasteiger partial charge in [0.2, 0.25) is 0 Å². The van der Waals surface area contributed by atoms with Gasteiger partial charge in [-0.2, -0.15) is 0 Å². The molecule has 0 spiro atoms. The average molecular weight is 437 g/mol. The van der Waals surface area contributed by atoms with Crippen LogP contribution in [0.2, 0.25) is 0 Å². The van der Waals surface area contributed by atoms with Crippen molar-refractivity contribution in [2.45, 2.75) is 25.3 Å². The maximum Gasteiger partial charge on any atom is 0.261 e. The molecule has 21 heavy (non-hydrogen) atoms. The van der Waals surface area contributed by atoms with E-state index in [1.165, 1.54) is 3.57 Å². The second-order valence-electron chi connectivity index (χ2n) is 4.74. The zero-order valence-corrected chi connectivity index (χ0v) is 15.3. The van der Waals surface area contributed by atoms with Crippen LogP contribution in [0.4, 0.5) is 0 Å². The molecular weight excluding hydrogens is 423 g/mol. The minimum absolute atomic E-state index is 0.128. The maximum atomic E-state index is 11.5. The fourth-order valence-electron chi connectivity index (χ4n) is 1.92. The summed E-state index contributed by atoms with van der Waals surface area (Å²) in [7, 11) is 1.68. The summed E-state index contributed by atoms with van der Waals surface area (Å²) < 4.78 is 29.8. The third kappa shape index (κ3) is 4.34. The van der Waals surface area contributed by atoms with Crippen molar-refractivity contribution < 1.29 is 13.2 Å². The van der Waals surface area contributed by atoms with E-state index in [1.54, 1.807) is 26.0 Å². The lowest BCUT2D eigenvalue weighted by Gasteiger charge is -2.12. The normalized spacial score (nSPS) is 11.4. The van der Waals surface area contributed by atoms with E-state index in [0.717, 1.165) is 11.1 Å². The van der Waals surface area contributed by atoms with Gasteiger partial charge in [0.25, 0.3) is 9.05 Å². The van der Waals surface area contributed by atoms with Crippen LogP contribution in [0.15, 0.2) is 41.3 Å². The molecule has 2 aromatic rings. The molecule has 0 aromatic heterocycles. The Morgan fingerprint density at radius 1 is 1.10 bits per heavy atom. The highest BCUT2D eigenvalue weighted by molar-refractivity contribution is 14.1. The number of aryl methyl sites for hydroxylation is 2. The van der Waals surface area contributed by atoms with Gasteiger partial charge in [0, 0.05) is 14.3 Å². The van der Waals surface area contributed by atoms with Crippen molar-refractivity contribution in [2.24, 2.45) is 0 Å². The standard InChI is InChI=1S/C15H14ClIO3S/c1-10-8-15(21(16,18)19)11(2)7-14(10)20-9-12-3-5-13(17)6-4-12/h3-8H,9H2,1-2H3. The van der Waals surface area contributed by atoms with Crippen LogP contribution in [0.3, 0.4) is 0 Å². The van der Waals surface area contributed by atoms with Crippen molar-refractivity contribution in [3.63, 3.8) is 0 Å². The van der Waals surface area contributed by atoms with Crippen LogP contribution in [-0.2, 0) is 15.7 Å². The van der Waals surface area contributed by atoms with Crippen LogP contribution < -0.4 is 4.74 Å². The molecule has 0 aliphatic carbocycles. The summed E-state index contributed by atoms with van der Waals surface area (Å²) in [5.74, 6) is 0.662. The van der Waals surface area contributed by atoms with Crippen molar-refractivity contribution in [2.75, 3.05) is 0 Å². The average Bonchev–Trinajstić information content (AvgIpc) is 2.40. The van der Waals surface area contributed by atoms with E-state index in [-0.39, 0.29) is 4.90 Å². The summed E-state index contributed by atoms with van der Waals surface area (Å²) in [6.07, 6.45) is 0. The van der Waals surface area contributed by atoms with Crippen molar-refractivity contribution in [1.29, 1.82) is 0 Å². The summed E-state index contributed by atoms with van der Waals surface area (Å²) in [5, 5.41) is 0. The van der Waals surface area contributed by atoms with Gasteiger partial charge in [0.05, 0.1) is 4.90 Å². The molecule has 0 aliphatic heterocycles. The molecule has 2 aromatic carbocycles. The lowest BCUT2D eigenvalue weighted by atomic mass is 10.1. The Labute approximate surface area is 142 Å². The van der Waals surface area contributed by atoms with E-state index < -0.39 is 9.05 Å². The van der Waals surface area contributed by atoms with Gasteiger partial charge in [-0.1, -0.05) is 12.1 Å². The third-order valence-electron chi connectivity index (χ3n) is 3.04. The Hall–Kier alpha value is -0.790. The highest BCUT2D eigenvalue weighted by Gasteiger charge is 2.16. The molecule has 0 fully saturated rings. The Morgan fingerprint density at radius 2 is 1.71 bits per heavy atom. The van der Waals surface area contributed by atoms with Gasteiger partial charge in [0.1, 0.15) is 12.4 Å². The SMILES string of the molecule is Cc1cc(S(=O)(=O)Cl)c(C)cc1OCc1ccc(I)cc1. The van der Waals surface area contributed by atoms with E-state index in [1.807, 2.05) is 24.3 Å². The number of hydrogen-bond acceptors (Lipinski definition) is 3. The summed E-state index contributed by atoms with van der Waals surface area (Å²) in [5.41, 5.74) is 2.38. The molecule has 0 bridgehead atoms. The van der Waals surface area contributed by atoms with E-state index in [2.05, 4.69) is 22.6 Å². The summed E-state index contributed by atoms with van der Waals surface area (Å²) >= 11 is 2.25. The molecule has 0 heterocycles. The fourth-order valence-corrected chi connectivity index (χ4v) is 3.54. The Kier molecular flexibility index (Phi) is 5.16. The fraction of sp³-hybridized carbons (Fsp3) is 0.200. The zero-order valence-electron chi connectivity index (χ0n) is 11.6. The van der Waals surface area contributed by atoms with E-state index >= 15 is 0 Å². The van der Waals surface area contributed by atoms with Crippen LogP contribution >= 0.6 is 33.3 Å². The maximum absolute atomic E-state index is 11.5. The molecule has 0 unspecified atom stereocenters. The number of benzene rings is 2. The van der Waals surface area contributed by atoms with Gasteiger partial charge in [-0.25, -0.2) is 8.42 Å². The van der Waals surface area contributed by atoms with Gasteiger partial charge in [-0.3, -0.25) is 0 Å². The quantitative estimate of drug-likeness (QED) is 0.526. The lowest BCUT2D eigenvalue weighted by Crippen LogP contribution is -2.01. The largest absolute Gasteiger partial charge is 0.489 e. The molecule has 0 saturated heterocycles. The summed E-state index contributed by atoms with van der Waals surface area (Å²) in [4.78, 5) is 0.128. The number of halogens is 2. The molecule has 0 atom stereocenters. The van der Waals surface area contributed by atoms with Gasteiger partial charge in [-0.05, 0) is 77.4 Å². The topological polar surface area (TPSA) is 43.4 Å². The lowest BCUT2D eigenvalue weighted by molar-refractivity contribution is 0.303. The first-order valence-electron chi connectivity index (χ1n) is 6.20. The molecule has 0 saturated carbocycles. The first-order chi connectivity index (χ1) is 9.77. The van der Waals surface area contributed by atoms with Gasteiger partial charge < -0.3 is 4.74 Å². The second kappa shape index (κ2) is 6.54. The van der Waals surface area contributed by atoms with Crippen molar-refractivity contribution in [3.8, 4) is 5.75 Å². The zero-order chi connectivity index (χ0) is 15.6. The predicted octanol–water partition coefficient (Wildman–Crippen LogP) is 4.41. The smallest absolute Gasteiger partial charge is 0.261 e. The van der Waals surface area contributed by atoms with Crippen LogP contribution in [0.25, 0.3) is 0 Å². The molecular formula is C15H14ClIO3S. The molecule has 3 nitrogen and oxygen atoms in total. The summed E-state index contributed by atoms with van der Waals surface area (Å²) in [6, 6.07) is 11.3. The number of rotatable bonds is 4. The Bertz CT molecular complexity index is 755. The molecule has 0 N–H and O–H groups in total. The number of hydrogen-bond donors (Lipinski definition) is 0. The molecule has 6 heteroatoms. The predicted molar refractivity (Wildman–Crippen MR) is 92.4 cm³/mol. The van der Waals surface area contributed by atoms with Crippen LogP contribution in [0.5, 0.6) is 5.75 Å². The Balaban J connectivity index is 2.21. The van der Waals surface area contributed by atoms with Crippen molar-refractivity contribution in [1.82, 2.24) is 0 Å². The molecule has 0 aliphatic rings. The van der Waals surface area contributed by atoms with Crippen LogP contribution in [0.1, 0.15) is 16.7 Å². The first-order valence-corrected chi connectivity index (χ1v) is 9.59. The number of ether oxygens (including phenoxy) is 1. The minimum atomic E-state index is -3.73. The van der Waals surface area contributed by atoms with E-state index in [0.29, 0.717) is 17.9 Å². The summed E-state index contributed by atoms with van der Waals surface area (Å²) in [6.45, 7) is 3.94. The Morgan fingerprint density at radius 3 is 2.29 bits per heavy atom. The van der Waals surface area contributed by atoms with E-state index in [9.17, 15) is 8.42 Å². The van der Waals surface area contributed by atoms with Crippen molar-refractivity contribution in [3.05, 3.63) is 56.7 Å². The van der Waals surface area contributed by atoms with Crippen LogP contribution in [-0.4, -0.2) is 8.42 Å². The van der Waals surface area contributed by atoms with E-state index in [4.69, 9.17) is 15.4 Å². The highest BCUT2D eigenvalue weighted by Crippen LogP contribution is 2.28. The van der Waals surface area contributed by atoms with Crippen LogP contribution in [0, 0.1) is 17.4 Å². The molecule has 0 radical (unpaired) electrons. The minimum Gasteiger partial charge on any atom is -0.489 e. The monoisotopic (exact) mass is 436 g/mol. The van der Waals surface area contributed by atoms with Crippen molar-refractivity contribution >= 4 is 42.3 Å². The van der Waals surface area contributed by atoms with Gasteiger partial charge in [-0.15, -0.1) is 0 Å². The van der Waals surface area contributed by atoms with Gasteiger partial charge in [0.15, 0.2) is 0 Å². The third-order valence-corrected chi connectivity index (χ3v) is 5.23. The molecule has 0 amide bonds. The highest BCUT2D eigenvalue weighted by atomic mass is 127. The molecule has 112 valence electrons.